The molecule has 1 aliphatic rings. The summed E-state index contributed by atoms with van der Waals surface area (Å²) in [5, 5.41) is 8.30. The quantitative estimate of drug-likeness (QED) is 0.611. The van der Waals surface area contributed by atoms with E-state index >= 15 is 0 Å². The van der Waals surface area contributed by atoms with Crippen molar-refractivity contribution < 1.29 is 14.6 Å². The van der Waals surface area contributed by atoms with Gasteiger partial charge < -0.3 is 9.84 Å². The van der Waals surface area contributed by atoms with Crippen molar-refractivity contribution in [3.8, 4) is 0 Å². The van der Waals surface area contributed by atoms with E-state index in [1.54, 1.807) is 6.08 Å². The van der Waals surface area contributed by atoms with Gasteiger partial charge in [0.2, 0.25) is 0 Å². The van der Waals surface area contributed by atoms with Crippen LogP contribution in [0.5, 0.6) is 0 Å². The molecule has 0 aromatic heterocycles. The molecule has 62 valence electrons. The summed E-state index contributed by atoms with van der Waals surface area (Å²) in [6.07, 6.45) is 4.99. The van der Waals surface area contributed by atoms with Crippen LogP contribution < -0.4 is 0 Å². The number of ether oxygens (including phenoxy) is 1. The summed E-state index contributed by atoms with van der Waals surface area (Å²) in [5.74, 6) is -0.909. The summed E-state index contributed by atoms with van der Waals surface area (Å²) in [5.41, 5.74) is 0. The van der Waals surface area contributed by atoms with Gasteiger partial charge in [-0.2, -0.15) is 0 Å². The summed E-state index contributed by atoms with van der Waals surface area (Å²) in [4.78, 5) is 10.1. The van der Waals surface area contributed by atoms with E-state index in [0.29, 0.717) is 0 Å². The van der Waals surface area contributed by atoms with Gasteiger partial charge in [0.15, 0.2) is 0 Å². The molecule has 0 aromatic rings. The van der Waals surface area contributed by atoms with Gasteiger partial charge in [0.25, 0.3) is 0 Å². The minimum atomic E-state index is -0.909. The third-order valence-corrected chi connectivity index (χ3v) is 1.72. The Balaban J connectivity index is 2.33. The van der Waals surface area contributed by atoms with Crippen LogP contribution in [-0.4, -0.2) is 23.3 Å². The molecular formula is C8H12O3. The Hall–Kier alpha value is -0.830. The monoisotopic (exact) mass is 156 g/mol. The minimum absolute atomic E-state index is 0.0149. The number of aliphatic carboxylic acids is 1. The van der Waals surface area contributed by atoms with Crippen molar-refractivity contribution in [3.05, 3.63) is 12.2 Å². The third-order valence-electron chi connectivity index (χ3n) is 1.72. The van der Waals surface area contributed by atoms with Crippen LogP contribution >= 0.6 is 0 Å². The predicted molar refractivity (Wildman–Crippen MR) is 40.3 cm³/mol. The van der Waals surface area contributed by atoms with Gasteiger partial charge in [0.1, 0.15) is 0 Å². The summed E-state index contributed by atoms with van der Waals surface area (Å²) < 4.78 is 5.36. The molecule has 0 amide bonds. The summed E-state index contributed by atoms with van der Waals surface area (Å²) >= 11 is 0. The molecule has 0 bridgehead atoms. The SMILES string of the molecule is CC1CCC(/C=C/C(=O)O)O1. The number of hydrogen-bond acceptors (Lipinski definition) is 2. The van der Waals surface area contributed by atoms with Crippen LogP contribution in [-0.2, 0) is 9.53 Å². The lowest BCUT2D eigenvalue weighted by atomic mass is 10.2. The van der Waals surface area contributed by atoms with Gasteiger partial charge in [0, 0.05) is 6.08 Å². The van der Waals surface area contributed by atoms with Crippen molar-refractivity contribution >= 4 is 5.97 Å². The van der Waals surface area contributed by atoms with Crippen LogP contribution in [0.2, 0.25) is 0 Å². The van der Waals surface area contributed by atoms with Gasteiger partial charge >= 0.3 is 5.97 Å². The second kappa shape index (κ2) is 3.53. The number of rotatable bonds is 2. The second-order valence-electron chi connectivity index (χ2n) is 2.76. The zero-order valence-electron chi connectivity index (χ0n) is 6.49. The molecule has 0 radical (unpaired) electrons. The molecular weight excluding hydrogens is 144 g/mol. The van der Waals surface area contributed by atoms with Gasteiger partial charge in [-0.05, 0) is 25.8 Å². The molecule has 1 fully saturated rings. The number of carboxylic acids is 1. The fourth-order valence-corrected chi connectivity index (χ4v) is 1.16. The van der Waals surface area contributed by atoms with Crippen LogP contribution in [0.25, 0.3) is 0 Å². The molecule has 1 N–H and O–H groups in total. The molecule has 0 aliphatic carbocycles. The van der Waals surface area contributed by atoms with E-state index in [4.69, 9.17) is 9.84 Å². The largest absolute Gasteiger partial charge is 0.478 e. The highest BCUT2D eigenvalue weighted by molar-refractivity contribution is 5.79. The van der Waals surface area contributed by atoms with Gasteiger partial charge in [-0.1, -0.05) is 0 Å². The van der Waals surface area contributed by atoms with Crippen molar-refractivity contribution in [1.29, 1.82) is 0 Å². The first-order valence-electron chi connectivity index (χ1n) is 3.75. The van der Waals surface area contributed by atoms with E-state index < -0.39 is 5.97 Å². The molecule has 2 unspecified atom stereocenters. The van der Waals surface area contributed by atoms with E-state index in [0.717, 1.165) is 18.9 Å². The highest BCUT2D eigenvalue weighted by Gasteiger charge is 2.18. The molecule has 0 saturated carbocycles. The molecule has 2 atom stereocenters. The number of hydrogen-bond donors (Lipinski definition) is 1. The lowest BCUT2D eigenvalue weighted by molar-refractivity contribution is -0.131. The topological polar surface area (TPSA) is 46.5 Å². The molecule has 3 heteroatoms. The summed E-state index contributed by atoms with van der Waals surface area (Å²) in [6.45, 7) is 1.99. The summed E-state index contributed by atoms with van der Waals surface area (Å²) in [6, 6.07) is 0. The van der Waals surface area contributed by atoms with Crippen LogP contribution in [0.15, 0.2) is 12.2 Å². The third kappa shape index (κ3) is 2.72. The van der Waals surface area contributed by atoms with Crippen molar-refractivity contribution in [3.63, 3.8) is 0 Å². The van der Waals surface area contributed by atoms with Crippen molar-refractivity contribution in [2.45, 2.75) is 32.0 Å². The Morgan fingerprint density at radius 1 is 1.64 bits per heavy atom. The van der Waals surface area contributed by atoms with Crippen molar-refractivity contribution in [2.75, 3.05) is 0 Å². The Morgan fingerprint density at radius 2 is 2.36 bits per heavy atom. The van der Waals surface area contributed by atoms with Gasteiger partial charge in [-0.3, -0.25) is 0 Å². The molecule has 3 nitrogen and oxygen atoms in total. The Kier molecular flexibility index (Phi) is 2.65. The Labute approximate surface area is 65.7 Å². The first kappa shape index (κ1) is 8.27. The number of carboxylic acid groups (broad SMARTS) is 1. The first-order chi connectivity index (χ1) is 5.18. The van der Waals surface area contributed by atoms with E-state index in [2.05, 4.69) is 0 Å². The molecule has 0 aromatic carbocycles. The molecule has 1 aliphatic heterocycles. The lowest BCUT2D eigenvalue weighted by Crippen LogP contribution is -2.05. The van der Waals surface area contributed by atoms with Crippen LogP contribution in [0.1, 0.15) is 19.8 Å². The normalized spacial score (nSPS) is 31.4. The smallest absolute Gasteiger partial charge is 0.328 e. The fourth-order valence-electron chi connectivity index (χ4n) is 1.16. The van der Waals surface area contributed by atoms with Crippen LogP contribution in [0, 0.1) is 0 Å². The lowest BCUT2D eigenvalue weighted by Gasteiger charge is -2.03. The van der Waals surface area contributed by atoms with Gasteiger partial charge in [-0.15, -0.1) is 0 Å². The molecule has 1 heterocycles. The zero-order valence-corrected chi connectivity index (χ0v) is 6.49. The van der Waals surface area contributed by atoms with Crippen molar-refractivity contribution in [1.82, 2.24) is 0 Å². The molecule has 1 saturated heterocycles. The molecule has 1 rings (SSSR count). The van der Waals surface area contributed by atoms with Gasteiger partial charge in [-0.25, -0.2) is 4.79 Å². The van der Waals surface area contributed by atoms with E-state index in [9.17, 15) is 4.79 Å². The number of carbonyl (C=O) groups is 1. The van der Waals surface area contributed by atoms with E-state index in [-0.39, 0.29) is 12.2 Å². The highest BCUT2D eigenvalue weighted by Crippen LogP contribution is 2.19. The maximum Gasteiger partial charge on any atom is 0.328 e. The Bertz CT molecular complexity index is 174. The molecule has 11 heavy (non-hydrogen) atoms. The maximum atomic E-state index is 10.1. The average Bonchev–Trinajstić information content (AvgIpc) is 2.31. The van der Waals surface area contributed by atoms with Crippen LogP contribution in [0.3, 0.4) is 0 Å². The second-order valence-corrected chi connectivity index (χ2v) is 2.76. The summed E-state index contributed by atoms with van der Waals surface area (Å²) in [7, 11) is 0. The van der Waals surface area contributed by atoms with Crippen LogP contribution in [0.4, 0.5) is 0 Å². The Morgan fingerprint density at radius 3 is 2.82 bits per heavy atom. The minimum Gasteiger partial charge on any atom is -0.478 e. The molecule has 0 spiro atoms. The predicted octanol–water partition coefficient (Wildman–Crippen LogP) is 1.19. The maximum absolute atomic E-state index is 10.1. The highest BCUT2D eigenvalue weighted by atomic mass is 16.5. The van der Waals surface area contributed by atoms with E-state index in [1.807, 2.05) is 6.92 Å². The first-order valence-corrected chi connectivity index (χ1v) is 3.75. The fraction of sp³-hybridized carbons (Fsp3) is 0.625. The average molecular weight is 156 g/mol. The standard InChI is InChI=1S/C8H12O3/c1-6-2-3-7(11-6)4-5-8(9)10/h4-7H,2-3H2,1H3,(H,9,10)/b5-4+. The van der Waals surface area contributed by atoms with Gasteiger partial charge in [0.05, 0.1) is 12.2 Å². The van der Waals surface area contributed by atoms with Crippen molar-refractivity contribution in [2.24, 2.45) is 0 Å². The van der Waals surface area contributed by atoms with E-state index in [1.165, 1.54) is 0 Å². The zero-order chi connectivity index (χ0) is 8.27.